The van der Waals surface area contributed by atoms with Crippen molar-refractivity contribution in [1.82, 2.24) is 25.2 Å². The van der Waals surface area contributed by atoms with Gasteiger partial charge in [-0.05, 0) is 36.8 Å². The summed E-state index contributed by atoms with van der Waals surface area (Å²) in [5.74, 6) is 0.112. The van der Waals surface area contributed by atoms with Crippen LogP contribution in [0.1, 0.15) is 64.7 Å². The maximum absolute atomic E-state index is 13.2. The van der Waals surface area contributed by atoms with Crippen molar-refractivity contribution in [1.29, 1.82) is 0 Å². The topological polar surface area (TPSA) is 89.4 Å². The van der Waals surface area contributed by atoms with Gasteiger partial charge in [0.05, 0.1) is 18.8 Å². The van der Waals surface area contributed by atoms with E-state index in [-0.39, 0.29) is 29.8 Å². The molecule has 0 radical (unpaired) electrons. The van der Waals surface area contributed by atoms with Gasteiger partial charge in [0.2, 0.25) is 5.91 Å². The summed E-state index contributed by atoms with van der Waals surface area (Å²) in [7, 11) is 0. The van der Waals surface area contributed by atoms with Crippen LogP contribution >= 0.6 is 0 Å². The summed E-state index contributed by atoms with van der Waals surface area (Å²) in [5, 5.41) is 11.6. The molecule has 5 rings (SSSR count). The van der Waals surface area contributed by atoms with E-state index in [1.54, 1.807) is 9.58 Å². The highest BCUT2D eigenvalue weighted by molar-refractivity contribution is 5.93. The lowest BCUT2D eigenvalue weighted by Gasteiger charge is -2.31. The lowest BCUT2D eigenvalue weighted by molar-refractivity contribution is -0.126. The minimum Gasteiger partial charge on any atom is -0.365 e. The van der Waals surface area contributed by atoms with Gasteiger partial charge in [0, 0.05) is 25.6 Å². The van der Waals surface area contributed by atoms with Crippen LogP contribution in [0.3, 0.4) is 0 Å². The van der Waals surface area contributed by atoms with Gasteiger partial charge in [0.1, 0.15) is 6.10 Å². The molecule has 1 saturated heterocycles. The molecule has 0 aliphatic carbocycles. The Kier molecular flexibility index (Phi) is 7.13. The normalized spacial score (nSPS) is 18.9. The van der Waals surface area contributed by atoms with Crippen molar-refractivity contribution >= 4 is 11.8 Å². The van der Waals surface area contributed by atoms with Gasteiger partial charge >= 0.3 is 0 Å². The lowest BCUT2D eigenvalue weighted by Crippen LogP contribution is -2.44. The average Bonchev–Trinajstić information content (AvgIpc) is 3.35. The molecule has 1 N–H and O–H groups in total. The first-order chi connectivity index (χ1) is 17.5. The van der Waals surface area contributed by atoms with Crippen LogP contribution in [0.15, 0.2) is 54.6 Å². The van der Waals surface area contributed by atoms with Crippen molar-refractivity contribution in [2.24, 2.45) is 5.92 Å². The fourth-order valence-electron chi connectivity index (χ4n) is 4.95. The van der Waals surface area contributed by atoms with Crippen LogP contribution in [0.25, 0.3) is 0 Å². The largest absolute Gasteiger partial charge is 0.365 e. The average molecular weight is 488 g/mol. The zero-order valence-corrected chi connectivity index (χ0v) is 20.9. The molecule has 8 heteroatoms. The van der Waals surface area contributed by atoms with Crippen LogP contribution in [0, 0.1) is 12.8 Å². The quantitative estimate of drug-likeness (QED) is 0.574. The molecule has 8 nitrogen and oxygen atoms in total. The zero-order chi connectivity index (χ0) is 25.1. The molecule has 188 valence electrons. The van der Waals surface area contributed by atoms with Crippen LogP contribution in [-0.4, -0.2) is 51.3 Å². The molecule has 1 fully saturated rings. The third-order valence-electron chi connectivity index (χ3n) is 7.35. The number of carbonyl (C=O) groups is 2. The van der Waals surface area contributed by atoms with Crippen molar-refractivity contribution in [2.45, 2.75) is 51.9 Å². The van der Waals surface area contributed by atoms with Gasteiger partial charge < -0.3 is 15.0 Å². The number of nitrogens with one attached hydrogen (secondary N) is 1. The zero-order valence-electron chi connectivity index (χ0n) is 20.9. The van der Waals surface area contributed by atoms with Gasteiger partial charge in [-0.1, -0.05) is 72.3 Å². The van der Waals surface area contributed by atoms with Crippen molar-refractivity contribution in [3.63, 3.8) is 0 Å². The van der Waals surface area contributed by atoms with E-state index >= 15 is 0 Å². The summed E-state index contributed by atoms with van der Waals surface area (Å²) in [6, 6.07) is 18.5. The molecule has 3 aromatic rings. The van der Waals surface area contributed by atoms with Crippen LogP contribution in [0.4, 0.5) is 0 Å². The molecule has 36 heavy (non-hydrogen) atoms. The van der Waals surface area contributed by atoms with E-state index in [9.17, 15) is 9.59 Å². The van der Waals surface area contributed by atoms with Crippen molar-refractivity contribution < 1.29 is 14.3 Å². The molecular formula is C28H33N5O3. The van der Waals surface area contributed by atoms with Crippen molar-refractivity contribution in [3.05, 3.63) is 82.7 Å². The molecule has 1 aromatic heterocycles. The molecule has 0 bridgehead atoms. The third kappa shape index (κ3) is 5.18. The summed E-state index contributed by atoms with van der Waals surface area (Å²) < 4.78 is 7.86. The van der Waals surface area contributed by atoms with Gasteiger partial charge in [-0.3, -0.25) is 9.59 Å². The standard InChI is InChI=1S/C28H33N5O3/c1-19-8-10-22(11-9-19)25-17-33-24(18-36-25)26(30-31-33)28(35)32-14-12-23(13-15-32)27(34)29-16-20(2)21-6-4-3-5-7-21/h3-11,20,23,25H,12-18H2,1-2H3,(H,29,34). The number of likely N-dealkylation sites (tertiary alicyclic amines) is 1. The molecular weight excluding hydrogens is 454 g/mol. The van der Waals surface area contributed by atoms with Gasteiger partial charge in [-0.15, -0.1) is 5.10 Å². The number of piperidine rings is 1. The maximum atomic E-state index is 13.2. The minimum atomic E-state index is -0.134. The van der Waals surface area contributed by atoms with E-state index in [0.29, 0.717) is 51.3 Å². The predicted octanol–water partition coefficient (Wildman–Crippen LogP) is 3.63. The van der Waals surface area contributed by atoms with E-state index in [2.05, 4.69) is 65.9 Å². The highest BCUT2D eigenvalue weighted by Gasteiger charge is 2.33. The van der Waals surface area contributed by atoms with Crippen molar-refractivity contribution in [2.75, 3.05) is 19.6 Å². The summed E-state index contributed by atoms with van der Waals surface area (Å²) in [5.41, 5.74) is 4.58. The Labute approximate surface area is 211 Å². The van der Waals surface area contributed by atoms with Gasteiger partial charge in [-0.25, -0.2) is 4.68 Å². The number of hydrogen-bond acceptors (Lipinski definition) is 5. The fourth-order valence-corrected chi connectivity index (χ4v) is 4.95. The Morgan fingerprint density at radius 2 is 1.81 bits per heavy atom. The predicted molar refractivity (Wildman–Crippen MR) is 135 cm³/mol. The number of carbonyl (C=O) groups excluding carboxylic acids is 2. The first-order valence-corrected chi connectivity index (χ1v) is 12.7. The Morgan fingerprint density at radius 1 is 1.08 bits per heavy atom. The van der Waals surface area contributed by atoms with Crippen molar-refractivity contribution in [3.8, 4) is 0 Å². The van der Waals surface area contributed by atoms with E-state index in [1.807, 2.05) is 18.2 Å². The third-order valence-corrected chi connectivity index (χ3v) is 7.35. The monoisotopic (exact) mass is 487 g/mol. The van der Waals surface area contributed by atoms with Crippen LogP contribution in [0.5, 0.6) is 0 Å². The maximum Gasteiger partial charge on any atom is 0.276 e. The highest BCUT2D eigenvalue weighted by Crippen LogP contribution is 2.28. The molecule has 2 aromatic carbocycles. The Hall–Kier alpha value is -3.52. The summed E-state index contributed by atoms with van der Waals surface area (Å²) >= 11 is 0. The molecule has 2 atom stereocenters. The first-order valence-electron chi connectivity index (χ1n) is 12.7. The Morgan fingerprint density at radius 3 is 2.53 bits per heavy atom. The van der Waals surface area contributed by atoms with Crippen LogP contribution < -0.4 is 5.32 Å². The second-order valence-electron chi connectivity index (χ2n) is 9.90. The molecule has 0 saturated carbocycles. The lowest BCUT2D eigenvalue weighted by atomic mass is 9.95. The first kappa shape index (κ1) is 24.2. The fraction of sp³-hybridized carbons (Fsp3) is 0.429. The van der Waals surface area contributed by atoms with E-state index < -0.39 is 0 Å². The smallest absolute Gasteiger partial charge is 0.276 e. The number of hydrogen-bond donors (Lipinski definition) is 1. The van der Waals surface area contributed by atoms with Gasteiger partial charge in [0.15, 0.2) is 5.69 Å². The van der Waals surface area contributed by atoms with E-state index in [4.69, 9.17) is 4.74 Å². The Balaban J connectivity index is 1.13. The molecule has 0 spiro atoms. The molecule has 3 heterocycles. The van der Waals surface area contributed by atoms with Crippen LogP contribution in [0.2, 0.25) is 0 Å². The van der Waals surface area contributed by atoms with Gasteiger partial charge in [-0.2, -0.15) is 0 Å². The summed E-state index contributed by atoms with van der Waals surface area (Å²) in [4.78, 5) is 27.7. The number of ether oxygens (including phenoxy) is 1. The summed E-state index contributed by atoms with van der Waals surface area (Å²) in [6.07, 6.45) is 1.18. The highest BCUT2D eigenvalue weighted by atomic mass is 16.5. The molecule has 2 aliphatic rings. The SMILES string of the molecule is Cc1ccc(C2Cn3nnc(C(=O)N4CCC(C(=O)NCC(C)c5ccccc5)CC4)c3CO2)cc1. The number of nitrogens with zero attached hydrogens (tertiary/aromatic N) is 4. The number of aryl methyl sites for hydroxylation is 1. The van der Waals surface area contributed by atoms with E-state index in [1.165, 1.54) is 11.1 Å². The van der Waals surface area contributed by atoms with Gasteiger partial charge in [0.25, 0.3) is 5.91 Å². The number of rotatable bonds is 6. The second kappa shape index (κ2) is 10.6. The number of benzene rings is 2. The molecule has 2 aliphatic heterocycles. The molecule has 2 amide bonds. The number of fused-ring (bicyclic) bond motifs is 1. The Bertz CT molecular complexity index is 1200. The number of aromatic nitrogens is 3. The summed E-state index contributed by atoms with van der Waals surface area (Å²) in [6.45, 7) is 6.67. The number of amides is 2. The second-order valence-corrected chi connectivity index (χ2v) is 9.90. The van der Waals surface area contributed by atoms with E-state index in [0.717, 1.165) is 11.3 Å². The van der Waals surface area contributed by atoms with Crippen LogP contribution in [-0.2, 0) is 22.7 Å². The minimum absolute atomic E-state index is 0.0708. The molecule has 2 unspecified atom stereocenters.